The van der Waals surface area contributed by atoms with Crippen LogP contribution in [0, 0.1) is 0 Å². The van der Waals surface area contributed by atoms with Crippen molar-refractivity contribution < 1.29 is 6.85 Å². The minimum atomic E-state index is -2.91. The zero-order chi connectivity index (χ0) is 33.0. The van der Waals surface area contributed by atoms with Crippen LogP contribution >= 0.6 is 0 Å². The lowest BCUT2D eigenvalue weighted by Crippen LogP contribution is -2.00. The molecule has 0 saturated heterocycles. The third kappa shape index (κ3) is 4.21. The fraction of sp³-hybridized carbons (Fsp3) is 0.0500. The predicted molar refractivity (Wildman–Crippen MR) is 180 cm³/mol. The van der Waals surface area contributed by atoms with Crippen molar-refractivity contribution in [1.29, 1.82) is 0 Å². The molecule has 2 heterocycles. The molecule has 204 valence electrons. The first-order valence-electron chi connectivity index (χ1n) is 16.8. The van der Waals surface area contributed by atoms with Crippen LogP contribution < -0.4 is 0 Å². The van der Waals surface area contributed by atoms with Crippen LogP contribution in [0.1, 0.15) is 19.5 Å². The molecule has 0 aliphatic heterocycles. The van der Waals surface area contributed by atoms with Crippen LogP contribution in [0.3, 0.4) is 0 Å². The van der Waals surface area contributed by atoms with E-state index < -0.39 is 13.2 Å². The van der Waals surface area contributed by atoms with E-state index in [2.05, 4.69) is 76.7 Å². The molecule has 6 aromatic carbocycles. The Kier molecular flexibility index (Phi) is 4.91. The Balaban J connectivity index is 1.36. The average molecular weight is 557 g/mol. The van der Waals surface area contributed by atoms with Gasteiger partial charge in [0.2, 0.25) is 0 Å². The van der Waals surface area contributed by atoms with E-state index in [9.17, 15) is 0 Å². The maximum atomic E-state index is 8.66. The average Bonchev–Trinajstić information content (AvgIpc) is 3.51. The number of hydrogen-bond donors (Lipinski definition) is 0. The molecule has 0 unspecified atom stereocenters. The monoisotopic (exact) mass is 556 g/mol. The van der Waals surface area contributed by atoms with E-state index in [1.807, 2.05) is 60.7 Å². The highest BCUT2D eigenvalue weighted by Gasteiger charge is 2.18. The summed E-state index contributed by atoms with van der Waals surface area (Å²) in [5.74, 6) is -0.152. The second-order valence-electron chi connectivity index (χ2n) is 10.6. The summed E-state index contributed by atoms with van der Waals surface area (Å²) < 4.78 is 43.0. The number of aromatic nitrogens is 3. The number of benzene rings is 6. The van der Waals surface area contributed by atoms with Crippen molar-refractivity contribution in [2.24, 2.45) is 0 Å². The van der Waals surface area contributed by atoms with Gasteiger partial charge in [0.1, 0.15) is 5.82 Å². The van der Waals surface area contributed by atoms with Crippen molar-refractivity contribution in [2.45, 2.75) is 13.2 Å². The molecule has 8 aromatic rings. The van der Waals surface area contributed by atoms with Crippen LogP contribution in [0.5, 0.6) is 0 Å². The largest absolute Gasteiger partial charge is 0.296 e. The minimum absolute atomic E-state index is 0.152. The zero-order valence-electron chi connectivity index (χ0n) is 28.2. The van der Waals surface area contributed by atoms with E-state index in [4.69, 9.17) is 6.85 Å². The minimum Gasteiger partial charge on any atom is -0.296 e. The van der Waals surface area contributed by atoms with Gasteiger partial charge < -0.3 is 0 Å². The van der Waals surface area contributed by atoms with Crippen molar-refractivity contribution in [3.05, 3.63) is 152 Å². The highest BCUT2D eigenvalue weighted by atomic mass is 15.1. The lowest BCUT2D eigenvalue weighted by Gasteiger charge is -2.18. The molecular formula is C40H29N3. The number of imidazole rings is 1. The van der Waals surface area contributed by atoms with E-state index in [-0.39, 0.29) is 5.82 Å². The summed E-state index contributed by atoms with van der Waals surface area (Å²) in [6.07, 6.45) is 0.922. The van der Waals surface area contributed by atoms with Gasteiger partial charge >= 0.3 is 0 Å². The summed E-state index contributed by atoms with van der Waals surface area (Å²) in [5.41, 5.74) is 8.27. The van der Waals surface area contributed by atoms with Gasteiger partial charge in [0.05, 0.1) is 11.0 Å². The SMILES string of the molecule is [2H]C([2H])([2H])C([2H])([2H])c1nc2ccccc2n1-c1cccc(-c2c3ccccc3c(-c3ccc(-c4ccncc4)cc3)c3ccccc23)c1. The fourth-order valence-electron chi connectivity index (χ4n) is 6.30. The maximum Gasteiger partial charge on any atom is 0.114 e. The van der Waals surface area contributed by atoms with Gasteiger partial charge in [-0.25, -0.2) is 4.98 Å². The molecule has 0 radical (unpaired) electrons. The van der Waals surface area contributed by atoms with Gasteiger partial charge in [-0.3, -0.25) is 9.55 Å². The first kappa shape index (κ1) is 20.4. The van der Waals surface area contributed by atoms with Gasteiger partial charge in [0, 0.05) is 31.3 Å². The molecule has 0 bridgehead atoms. The van der Waals surface area contributed by atoms with Gasteiger partial charge in [-0.1, -0.05) is 104 Å². The number of rotatable bonds is 5. The number of aryl methyl sites for hydroxylation is 1. The van der Waals surface area contributed by atoms with Crippen LogP contribution in [0.25, 0.3) is 71.6 Å². The van der Waals surface area contributed by atoms with Gasteiger partial charge in [-0.2, -0.15) is 0 Å². The summed E-state index contributed by atoms with van der Waals surface area (Å²) >= 11 is 0. The number of fused-ring (bicyclic) bond motifs is 3. The number of pyridine rings is 1. The highest BCUT2D eigenvalue weighted by molar-refractivity contribution is 6.21. The lowest BCUT2D eigenvalue weighted by atomic mass is 9.85. The van der Waals surface area contributed by atoms with Crippen molar-refractivity contribution in [2.75, 3.05) is 0 Å². The van der Waals surface area contributed by atoms with Crippen LogP contribution in [0.2, 0.25) is 0 Å². The Hall–Kier alpha value is -5.54. The van der Waals surface area contributed by atoms with E-state index in [0.29, 0.717) is 16.7 Å². The highest BCUT2D eigenvalue weighted by Crippen LogP contribution is 2.44. The molecule has 2 aromatic heterocycles. The summed E-state index contributed by atoms with van der Waals surface area (Å²) in [7, 11) is 0. The Morgan fingerprint density at radius 1 is 0.581 bits per heavy atom. The normalized spacial score (nSPS) is 13.8. The predicted octanol–water partition coefficient (Wildman–Crippen LogP) is 10.3. The first-order valence-corrected chi connectivity index (χ1v) is 14.3. The molecule has 0 fully saturated rings. The topological polar surface area (TPSA) is 30.7 Å². The summed E-state index contributed by atoms with van der Waals surface area (Å²) in [6, 6.07) is 44.6. The van der Waals surface area contributed by atoms with E-state index in [1.54, 1.807) is 23.0 Å². The Labute approximate surface area is 257 Å². The number of nitrogens with zero attached hydrogens (tertiary/aromatic N) is 3. The van der Waals surface area contributed by atoms with E-state index >= 15 is 0 Å². The summed E-state index contributed by atoms with van der Waals surface area (Å²) in [5, 5.41) is 4.38. The van der Waals surface area contributed by atoms with Crippen LogP contribution in [0.15, 0.2) is 146 Å². The van der Waals surface area contributed by atoms with Crippen molar-refractivity contribution in [1.82, 2.24) is 14.5 Å². The van der Waals surface area contributed by atoms with Crippen molar-refractivity contribution >= 4 is 32.6 Å². The third-order valence-corrected chi connectivity index (χ3v) is 8.18. The third-order valence-electron chi connectivity index (χ3n) is 8.18. The van der Waals surface area contributed by atoms with Crippen LogP contribution in [-0.2, 0) is 6.37 Å². The van der Waals surface area contributed by atoms with Gasteiger partial charge in [0.25, 0.3) is 0 Å². The molecule has 0 amide bonds. The second-order valence-corrected chi connectivity index (χ2v) is 10.6. The molecule has 8 rings (SSSR count). The molecule has 0 aliphatic rings. The van der Waals surface area contributed by atoms with Crippen LogP contribution in [-0.4, -0.2) is 14.5 Å². The Bertz CT molecular complexity index is 2410. The smallest absolute Gasteiger partial charge is 0.114 e. The molecule has 0 saturated carbocycles. The van der Waals surface area contributed by atoms with Gasteiger partial charge in [0.15, 0.2) is 0 Å². The van der Waals surface area contributed by atoms with Crippen molar-refractivity contribution in [3.8, 4) is 39.1 Å². The molecule has 0 N–H and O–H groups in total. The molecule has 3 heteroatoms. The van der Waals surface area contributed by atoms with Crippen LogP contribution in [0.4, 0.5) is 0 Å². The maximum absolute atomic E-state index is 8.66. The molecular weight excluding hydrogens is 522 g/mol. The molecule has 0 aliphatic carbocycles. The standard InChI is InChI=1S/C40H29N3/c1-2-38-42-36-16-7-8-17-37(36)43(38)31-11-9-10-30(26-31)40-34-14-5-3-12-32(34)39(33-13-4-6-15-35(33)40)29-20-18-27(19-21-29)28-22-24-41-25-23-28/h3-26H,2H2,1H3/i1D3,2D2. The Morgan fingerprint density at radius 3 is 1.84 bits per heavy atom. The number of hydrogen-bond acceptors (Lipinski definition) is 2. The molecule has 43 heavy (non-hydrogen) atoms. The quantitative estimate of drug-likeness (QED) is 0.197. The van der Waals surface area contributed by atoms with Gasteiger partial charge in [-0.05, 0) is 91.3 Å². The fourth-order valence-corrected chi connectivity index (χ4v) is 6.30. The van der Waals surface area contributed by atoms with Gasteiger partial charge in [-0.15, -0.1) is 0 Å². The lowest BCUT2D eigenvalue weighted by molar-refractivity contribution is 0.908. The van der Waals surface area contributed by atoms with E-state index in [0.717, 1.165) is 54.9 Å². The number of para-hydroxylation sites is 2. The Morgan fingerprint density at radius 2 is 1.16 bits per heavy atom. The molecule has 0 atom stereocenters. The molecule has 0 spiro atoms. The second kappa shape index (κ2) is 10.4. The first-order chi connectivity index (χ1) is 23.2. The zero-order valence-corrected chi connectivity index (χ0v) is 23.2. The summed E-state index contributed by atoms with van der Waals surface area (Å²) in [4.78, 5) is 8.68. The van der Waals surface area contributed by atoms with Crippen molar-refractivity contribution in [3.63, 3.8) is 0 Å². The summed E-state index contributed by atoms with van der Waals surface area (Å²) in [6.45, 7) is -2.91. The molecule has 3 nitrogen and oxygen atoms in total. The van der Waals surface area contributed by atoms with E-state index in [1.165, 1.54) is 0 Å².